The second-order valence-electron chi connectivity index (χ2n) is 5.33. The van der Waals surface area contributed by atoms with Gasteiger partial charge in [0.2, 0.25) is 10.0 Å². The van der Waals surface area contributed by atoms with Crippen LogP contribution in [0.15, 0.2) is 27.6 Å². The van der Waals surface area contributed by atoms with Gasteiger partial charge >= 0.3 is 0 Å². The second-order valence-corrected chi connectivity index (χ2v) is 7.93. The first-order valence-electron chi connectivity index (χ1n) is 7.11. The third kappa shape index (κ3) is 4.73. The van der Waals surface area contributed by atoms with E-state index in [2.05, 4.69) is 25.6 Å². The maximum absolute atomic E-state index is 13.8. The van der Waals surface area contributed by atoms with Crippen molar-refractivity contribution in [2.45, 2.75) is 23.8 Å². The van der Waals surface area contributed by atoms with E-state index in [0.717, 1.165) is 32.0 Å². The number of piperidine rings is 1. The van der Waals surface area contributed by atoms with E-state index in [1.54, 1.807) is 7.11 Å². The van der Waals surface area contributed by atoms with E-state index in [9.17, 15) is 12.8 Å². The largest absolute Gasteiger partial charge is 0.383 e. The Labute approximate surface area is 139 Å². The molecule has 0 saturated carbocycles. The summed E-state index contributed by atoms with van der Waals surface area (Å²) in [6.07, 6.45) is 1.65. The molecule has 2 rings (SSSR count). The number of likely N-dealkylation sites (tertiary alicyclic amines) is 1. The minimum Gasteiger partial charge on any atom is -0.383 e. The molecule has 1 heterocycles. The third-order valence-electron chi connectivity index (χ3n) is 3.62. The van der Waals surface area contributed by atoms with Gasteiger partial charge in [-0.25, -0.2) is 17.5 Å². The number of halogens is 2. The predicted octanol–water partition coefficient (Wildman–Crippen LogP) is 1.98. The Kier molecular flexibility index (Phi) is 6.34. The number of sulfonamides is 1. The van der Waals surface area contributed by atoms with Crippen LogP contribution < -0.4 is 4.72 Å². The molecular formula is C14H20BrFN2O3S. The van der Waals surface area contributed by atoms with Crippen LogP contribution in [0.2, 0.25) is 0 Å². The van der Waals surface area contributed by atoms with Crippen molar-refractivity contribution in [1.82, 2.24) is 9.62 Å². The molecule has 0 aromatic heterocycles. The lowest BCUT2D eigenvalue weighted by molar-refractivity contribution is 0.126. The normalized spacial score (nSPS) is 20.2. The number of hydrogen-bond donors (Lipinski definition) is 1. The summed E-state index contributed by atoms with van der Waals surface area (Å²) in [5.41, 5.74) is 0. The Bertz CT molecular complexity index is 612. The van der Waals surface area contributed by atoms with Crippen molar-refractivity contribution in [3.8, 4) is 0 Å². The van der Waals surface area contributed by atoms with Crippen LogP contribution in [-0.4, -0.2) is 52.7 Å². The standard InChI is InChI=1S/C14H20BrFN2O3S/c1-21-8-7-18-6-2-3-12(10-18)17-22(19,20)14-9-11(15)4-5-13(14)16/h4-5,9,12,17H,2-3,6-8,10H2,1H3. The first-order chi connectivity index (χ1) is 10.4. The molecule has 1 aromatic rings. The van der Waals surface area contributed by atoms with Gasteiger partial charge in [-0.2, -0.15) is 0 Å². The fourth-order valence-electron chi connectivity index (χ4n) is 2.54. The highest BCUT2D eigenvalue weighted by atomic mass is 79.9. The summed E-state index contributed by atoms with van der Waals surface area (Å²) in [7, 11) is -2.23. The van der Waals surface area contributed by atoms with Crippen LogP contribution in [-0.2, 0) is 14.8 Å². The lowest BCUT2D eigenvalue weighted by atomic mass is 10.1. The van der Waals surface area contributed by atoms with Crippen LogP contribution in [0, 0.1) is 5.82 Å². The van der Waals surface area contributed by atoms with Gasteiger partial charge in [-0.3, -0.25) is 4.90 Å². The molecule has 1 N–H and O–H groups in total. The van der Waals surface area contributed by atoms with E-state index >= 15 is 0 Å². The number of nitrogens with one attached hydrogen (secondary N) is 1. The van der Waals surface area contributed by atoms with Crippen molar-refractivity contribution in [1.29, 1.82) is 0 Å². The fourth-order valence-corrected chi connectivity index (χ4v) is 4.42. The molecule has 0 amide bonds. The van der Waals surface area contributed by atoms with E-state index in [0.29, 0.717) is 17.6 Å². The Morgan fingerprint density at radius 3 is 3.00 bits per heavy atom. The number of ether oxygens (including phenoxy) is 1. The average Bonchev–Trinajstić information content (AvgIpc) is 2.47. The second kappa shape index (κ2) is 7.83. The van der Waals surface area contributed by atoms with Crippen LogP contribution in [0.3, 0.4) is 0 Å². The molecule has 22 heavy (non-hydrogen) atoms. The highest BCUT2D eigenvalue weighted by Gasteiger charge is 2.27. The van der Waals surface area contributed by atoms with E-state index in [4.69, 9.17) is 4.74 Å². The van der Waals surface area contributed by atoms with E-state index in [-0.39, 0.29) is 10.9 Å². The van der Waals surface area contributed by atoms with Crippen molar-refractivity contribution in [2.24, 2.45) is 0 Å². The van der Waals surface area contributed by atoms with Gasteiger partial charge in [0.25, 0.3) is 0 Å². The molecule has 1 aliphatic heterocycles. The number of benzene rings is 1. The first-order valence-corrected chi connectivity index (χ1v) is 9.38. The number of hydrogen-bond acceptors (Lipinski definition) is 4. The zero-order valence-electron chi connectivity index (χ0n) is 12.4. The summed E-state index contributed by atoms with van der Waals surface area (Å²) in [4.78, 5) is 1.83. The van der Waals surface area contributed by atoms with Gasteiger partial charge in [0.05, 0.1) is 6.61 Å². The molecule has 124 valence electrons. The van der Waals surface area contributed by atoms with Gasteiger partial charge in [-0.15, -0.1) is 0 Å². The van der Waals surface area contributed by atoms with Gasteiger partial charge in [0.1, 0.15) is 10.7 Å². The highest BCUT2D eigenvalue weighted by Crippen LogP contribution is 2.21. The van der Waals surface area contributed by atoms with Gasteiger partial charge in [0, 0.05) is 30.7 Å². The maximum atomic E-state index is 13.8. The predicted molar refractivity (Wildman–Crippen MR) is 85.8 cm³/mol. The van der Waals surface area contributed by atoms with Gasteiger partial charge in [0.15, 0.2) is 0 Å². The Morgan fingerprint density at radius 2 is 2.27 bits per heavy atom. The molecule has 0 aliphatic carbocycles. The van der Waals surface area contributed by atoms with Crippen molar-refractivity contribution >= 4 is 26.0 Å². The van der Waals surface area contributed by atoms with E-state index in [1.165, 1.54) is 12.1 Å². The minimum atomic E-state index is -3.87. The zero-order valence-corrected chi connectivity index (χ0v) is 14.8. The first kappa shape index (κ1) is 17.8. The number of nitrogens with zero attached hydrogens (tertiary/aromatic N) is 1. The number of methoxy groups -OCH3 is 1. The lowest BCUT2D eigenvalue weighted by Gasteiger charge is -2.32. The van der Waals surface area contributed by atoms with E-state index in [1.807, 2.05) is 0 Å². The van der Waals surface area contributed by atoms with Crippen molar-refractivity contribution in [3.63, 3.8) is 0 Å². The molecule has 1 unspecified atom stereocenters. The molecule has 8 heteroatoms. The summed E-state index contributed by atoms with van der Waals surface area (Å²) in [6.45, 7) is 2.91. The van der Waals surface area contributed by atoms with Gasteiger partial charge in [-0.05, 0) is 37.6 Å². The molecule has 1 fully saturated rings. The van der Waals surface area contributed by atoms with Gasteiger partial charge in [-0.1, -0.05) is 15.9 Å². The van der Waals surface area contributed by atoms with Crippen molar-refractivity contribution in [2.75, 3.05) is 33.4 Å². The molecule has 0 spiro atoms. The molecule has 0 bridgehead atoms. The van der Waals surface area contributed by atoms with E-state index < -0.39 is 15.8 Å². The third-order valence-corrected chi connectivity index (χ3v) is 5.65. The molecule has 1 saturated heterocycles. The average molecular weight is 395 g/mol. The summed E-state index contributed by atoms with van der Waals surface area (Å²) < 4.78 is 46.7. The Balaban J connectivity index is 2.06. The Hall–Kier alpha value is -0.540. The van der Waals surface area contributed by atoms with Crippen LogP contribution in [0.5, 0.6) is 0 Å². The SMILES string of the molecule is COCCN1CCCC(NS(=O)(=O)c2cc(Br)ccc2F)C1. The van der Waals surface area contributed by atoms with Crippen LogP contribution >= 0.6 is 15.9 Å². The van der Waals surface area contributed by atoms with Crippen LogP contribution in [0.4, 0.5) is 4.39 Å². The topological polar surface area (TPSA) is 58.6 Å². The lowest BCUT2D eigenvalue weighted by Crippen LogP contribution is -2.48. The summed E-state index contributed by atoms with van der Waals surface area (Å²) >= 11 is 3.17. The van der Waals surface area contributed by atoms with Crippen molar-refractivity contribution < 1.29 is 17.5 Å². The van der Waals surface area contributed by atoms with Crippen LogP contribution in [0.25, 0.3) is 0 Å². The smallest absolute Gasteiger partial charge is 0.243 e. The Morgan fingerprint density at radius 1 is 1.50 bits per heavy atom. The molecule has 1 aliphatic rings. The molecule has 5 nitrogen and oxygen atoms in total. The molecule has 1 atom stereocenters. The maximum Gasteiger partial charge on any atom is 0.243 e. The quantitative estimate of drug-likeness (QED) is 0.801. The monoisotopic (exact) mass is 394 g/mol. The highest BCUT2D eigenvalue weighted by molar-refractivity contribution is 9.10. The molecule has 1 aromatic carbocycles. The van der Waals surface area contributed by atoms with Gasteiger partial charge < -0.3 is 4.74 Å². The zero-order chi connectivity index (χ0) is 16.2. The fraction of sp³-hybridized carbons (Fsp3) is 0.571. The summed E-state index contributed by atoms with van der Waals surface area (Å²) in [6, 6.07) is 3.68. The molecule has 0 radical (unpaired) electrons. The number of rotatable bonds is 6. The summed E-state index contributed by atoms with van der Waals surface area (Å²) in [5.74, 6) is -0.747. The molecular weight excluding hydrogens is 375 g/mol. The minimum absolute atomic E-state index is 0.214. The summed E-state index contributed by atoms with van der Waals surface area (Å²) in [5, 5.41) is 0. The van der Waals surface area contributed by atoms with Crippen molar-refractivity contribution in [3.05, 3.63) is 28.5 Å². The van der Waals surface area contributed by atoms with Crippen LogP contribution in [0.1, 0.15) is 12.8 Å².